The lowest BCUT2D eigenvalue weighted by atomic mass is 10.4. The molecule has 0 aromatic heterocycles. The van der Waals surface area contributed by atoms with Crippen molar-refractivity contribution < 1.29 is 9.53 Å². The summed E-state index contributed by atoms with van der Waals surface area (Å²) < 4.78 is 4.92. The summed E-state index contributed by atoms with van der Waals surface area (Å²) in [4.78, 5) is 13.0. The zero-order chi connectivity index (χ0) is 10.1. The fraction of sp³-hybridized carbons (Fsp3) is 0.700. The van der Waals surface area contributed by atoms with Crippen molar-refractivity contribution in [2.24, 2.45) is 0 Å². The molecule has 0 aromatic carbocycles. The van der Waals surface area contributed by atoms with Gasteiger partial charge in [-0.25, -0.2) is 4.79 Å². The van der Waals surface area contributed by atoms with Crippen LogP contribution in [0.3, 0.4) is 0 Å². The summed E-state index contributed by atoms with van der Waals surface area (Å²) in [5.74, 6) is -0.248. The van der Waals surface area contributed by atoms with E-state index >= 15 is 0 Å². The Morgan fingerprint density at radius 1 is 1.54 bits per heavy atom. The molecule has 0 saturated carbocycles. The number of hydrogen-bond donors (Lipinski definition) is 0. The summed E-state index contributed by atoms with van der Waals surface area (Å²) >= 11 is 0. The summed E-state index contributed by atoms with van der Waals surface area (Å²) in [6.07, 6.45) is 4.01. The molecule has 0 saturated heterocycles. The van der Waals surface area contributed by atoms with Crippen LogP contribution >= 0.6 is 0 Å². The van der Waals surface area contributed by atoms with Gasteiger partial charge in [0.05, 0.1) is 6.61 Å². The molecule has 0 atom stereocenters. The lowest BCUT2D eigenvalue weighted by molar-refractivity contribution is -0.137. The minimum absolute atomic E-state index is 0.248. The van der Waals surface area contributed by atoms with Gasteiger partial charge in [0.15, 0.2) is 0 Å². The van der Waals surface area contributed by atoms with Crippen molar-refractivity contribution in [2.45, 2.75) is 20.3 Å². The molecule has 0 bridgehead atoms. The Morgan fingerprint density at radius 2 is 2.23 bits per heavy atom. The fourth-order valence-corrected chi connectivity index (χ4v) is 0.850. The Hall–Kier alpha value is -0.830. The van der Waals surface area contributed by atoms with Gasteiger partial charge in [-0.1, -0.05) is 13.0 Å². The first kappa shape index (κ1) is 12.2. The van der Waals surface area contributed by atoms with E-state index < -0.39 is 0 Å². The molecule has 0 fully saturated rings. The average Bonchev–Trinajstić information content (AvgIpc) is 2.12. The fourth-order valence-electron chi connectivity index (χ4n) is 0.850. The molecular weight excluding hydrogens is 166 g/mol. The predicted octanol–water partition coefficient (Wildman–Crippen LogP) is 1.45. The second-order valence-electron chi connectivity index (χ2n) is 2.92. The van der Waals surface area contributed by atoms with Gasteiger partial charge in [0, 0.05) is 12.6 Å². The van der Waals surface area contributed by atoms with Crippen LogP contribution in [-0.4, -0.2) is 37.6 Å². The summed E-state index contributed by atoms with van der Waals surface area (Å²) in [5, 5.41) is 0. The van der Waals surface area contributed by atoms with Gasteiger partial charge in [-0.15, -0.1) is 0 Å². The summed E-state index contributed by atoms with van der Waals surface area (Å²) in [6, 6.07) is 0. The first-order valence-corrected chi connectivity index (χ1v) is 4.68. The van der Waals surface area contributed by atoms with Crippen molar-refractivity contribution >= 4 is 5.97 Å². The van der Waals surface area contributed by atoms with E-state index in [0.29, 0.717) is 6.61 Å². The third kappa shape index (κ3) is 7.53. The van der Waals surface area contributed by atoms with Crippen molar-refractivity contribution in [3.63, 3.8) is 0 Å². The average molecular weight is 185 g/mol. The van der Waals surface area contributed by atoms with E-state index in [1.807, 2.05) is 7.05 Å². The molecular formula is C10H19NO2. The first-order chi connectivity index (χ1) is 6.20. The smallest absolute Gasteiger partial charge is 0.330 e. The van der Waals surface area contributed by atoms with Crippen molar-refractivity contribution in [2.75, 3.05) is 26.7 Å². The van der Waals surface area contributed by atoms with Crippen molar-refractivity contribution in [3.05, 3.63) is 12.2 Å². The van der Waals surface area contributed by atoms with Crippen LogP contribution in [0.2, 0.25) is 0 Å². The highest BCUT2D eigenvalue weighted by Gasteiger charge is 1.97. The molecule has 13 heavy (non-hydrogen) atoms. The molecule has 0 aliphatic rings. The molecule has 0 aromatic rings. The van der Waals surface area contributed by atoms with E-state index in [9.17, 15) is 4.79 Å². The largest absolute Gasteiger partial charge is 0.462 e. The van der Waals surface area contributed by atoms with Crippen LogP contribution in [-0.2, 0) is 9.53 Å². The zero-order valence-corrected chi connectivity index (χ0v) is 8.75. The molecule has 0 radical (unpaired) electrons. The Labute approximate surface area is 80.4 Å². The van der Waals surface area contributed by atoms with Crippen LogP contribution in [0.25, 0.3) is 0 Å². The molecule has 0 unspecified atom stereocenters. The Bertz CT molecular complexity index is 166. The number of carbonyl (C=O) groups excluding carboxylic acids is 1. The zero-order valence-electron chi connectivity index (χ0n) is 8.75. The van der Waals surface area contributed by atoms with Gasteiger partial charge in [0.1, 0.15) is 0 Å². The van der Waals surface area contributed by atoms with Crippen molar-refractivity contribution in [3.8, 4) is 0 Å². The quantitative estimate of drug-likeness (QED) is 0.356. The summed E-state index contributed by atoms with van der Waals surface area (Å²) in [7, 11) is 2.05. The highest BCUT2D eigenvalue weighted by Crippen LogP contribution is 1.89. The number of carbonyl (C=O) groups is 1. The molecule has 0 rings (SSSR count). The normalized spacial score (nSPS) is 11.1. The Morgan fingerprint density at radius 3 is 2.77 bits per heavy atom. The number of rotatable bonds is 6. The number of nitrogens with zero attached hydrogens (tertiary/aromatic N) is 1. The molecule has 0 N–H and O–H groups in total. The Balaban J connectivity index is 3.30. The van der Waals surface area contributed by atoms with E-state index in [4.69, 9.17) is 4.74 Å². The lowest BCUT2D eigenvalue weighted by Crippen LogP contribution is -2.20. The lowest BCUT2D eigenvalue weighted by Gasteiger charge is -2.12. The molecule has 3 heteroatoms. The predicted molar refractivity (Wildman–Crippen MR) is 53.6 cm³/mol. The molecule has 76 valence electrons. The van der Waals surface area contributed by atoms with Gasteiger partial charge in [0.25, 0.3) is 0 Å². The van der Waals surface area contributed by atoms with Crippen LogP contribution < -0.4 is 0 Å². The SMILES string of the molecule is C/C=C\C(=O)OCCCN(C)CC. The van der Waals surface area contributed by atoms with Gasteiger partial charge in [-0.05, 0) is 26.9 Å². The molecule has 0 spiro atoms. The second-order valence-corrected chi connectivity index (χ2v) is 2.92. The second kappa shape index (κ2) is 7.80. The van der Waals surface area contributed by atoms with Crippen molar-refractivity contribution in [1.82, 2.24) is 4.90 Å². The minimum Gasteiger partial charge on any atom is -0.462 e. The number of allylic oxidation sites excluding steroid dienone is 1. The van der Waals surface area contributed by atoms with E-state index in [0.717, 1.165) is 19.5 Å². The topological polar surface area (TPSA) is 29.5 Å². The highest BCUT2D eigenvalue weighted by atomic mass is 16.5. The molecule has 3 nitrogen and oxygen atoms in total. The van der Waals surface area contributed by atoms with Gasteiger partial charge < -0.3 is 9.64 Å². The van der Waals surface area contributed by atoms with Gasteiger partial charge >= 0.3 is 5.97 Å². The Kier molecular flexibility index (Phi) is 7.30. The van der Waals surface area contributed by atoms with Crippen molar-refractivity contribution in [1.29, 1.82) is 0 Å². The van der Waals surface area contributed by atoms with Crippen LogP contribution in [0, 0.1) is 0 Å². The maximum absolute atomic E-state index is 10.8. The highest BCUT2D eigenvalue weighted by molar-refractivity contribution is 5.81. The number of hydrogen-bond acceptors (Lipinski definition) is 3. The maximum atomic E-state index is 10.8. The van der Waals surface area contributed by atoms with E-state index in [-0.39, 0.29) is 5.97 Å². The minimum atomic E-state index is -0.248. The van der Waals surface area contributed by atoms with Crippen LogP contribution in [0.4, 0.5) is 0 Å². The van der Waals surface area contributed by atoms with E-state index in [1.54, 1.807) is 13.0 Å². The standard InChI is InChI=1S/C10H19NO2/c1-4-7-10(12)13-9-6-8-11(3)5-2/h4,7H,5-6,8-9H2,1-3H3/b7-4-. The van der Waals surface area contributed by atoms with Gasteiger partial charge in [0.2, 0.25) is 0 Å². The number of esters is 1. The molecule has 0 amide bonds. The van der Waals surface area contributed by atoms with Crippen LogP contribution in [0.1, 0.15) is 20.3 Å². The van der Waals surface area contributed by atoms with Crippen LogP contribution in [0.15, 0.2) is 12.2 Å². The maximum Gasteiger partial charge on any atom is 0.330 e. The molecule has 0 aliphatic heterocycles. The van der Waals surface area contributed by atoms with E-state index in [2.05, 4.69) is 11.8 Å². The third-order valence-electron chi connectivity index (χ3n) is 1.77. The molecule has 0 aliphatic carbocycles. The summed E-state index contributed by atoms with van der Waals surface area (Å²) in [5.41, 5.74) is 0. The monoisotopic (exact) mass is 185 g/mol. The van der Waals surface area contributed by atoms with Gasteiger partial charge in [-0.2, -0.15) is 0 Å². The first-order valence-electron chi connectivity index (χ1n) is 4.68. The van der Waals surface area contributed by atoms with Gasteiger partial charge in [-0.3, -0.25) is 0 Å². The van der Waals surface area contributed by atoms with E-state index in [1.165, 1.54) is 6.08 Å². The number of ether oxygens (including phenoxy) is 1. The molecule has 0 heterocycles. The third-order valence-corrected chi connectivity index (χ3v) is 1.77. The van der Waals surface area contributed by atoms with Crippen LogP contribution in [0.5, 0.6) is 0 Å². The summed E-state index contributed by atoms with van der Waals surface area (Å²) in [6.45, 7) is 6.41.